The van der Waals surface area contributed by atoms with Crippen LogP contribution in [0.2, 0.25) is 5.02 Å². The quantitative estimate of drug-likeness (QED) is 0.641. The minimum absolute atomic E-state index is 0.0246. The second-order valence-electron chi connectivity index (χ2n) is 4.71. The normalized spacial score (nSPS) is 12.6. The summed E-state index contributed by atoms with van der Waals surface area (Å²) in [5.41, 5.74) is 0.460. The Kier molecular flexibility index (Phi) is 4.36. The fourth-order valence-electron chi connectivity index (χ4n) is 1.87. The number of thioether (sulfide) groups is 1. The smallest absolute Gasteiger partial charge is 0.262 e. The van der Waals surface area contributed by atoms with Crippen molar-refractivity contribution in [1.82, 2.24) is 9.55 Å². The van der Waals surface area contributed by atoms with Crippen molar-refractivity contribution in [3.63, 3.8) is 0 Å². The van der Waals surface area contributed by atoms with Crippen LogP contribution in [0.3, 0.4) is 0 Å². The summed E-state index contributed by atoms with van der Waals surface area (Å²) < 4.78 is 1.62. The molecule has 0 amide bonds. The molecule has 1 aromatic carbocycles. The van der Waals surface area contributed by atoms with Gasteiger partial charge in [-0.25, -0.2) is 4.98 Å². The van der Waals surface area contributed by atoms with Gasteiger partial charge in [-0.1, -0.05) is 23.4 Å². The van der Waals surface area contributed by atoms with Crippen molar-refractivity contribution >= 4 is 34.3 Å². The monoisotopic (exact) mass is 307 g/mol. The summed E-state index contributed by atoms with van der Waals surface area (Å²) in [7, 11) is 0. The molecule has 4 nitrogen and oxygen atoms in total. The molecule has 0 saturated heterocycles. The third-order valence-electron chi connectivity index (χ3n) is 2.81. The average molecular weight is 308 g/mol. The lowest BCUT2D eigenvalue weighted by Crippen LogP contribution is -2.25. The molecule has 0 aliphatic carbocycles. The molecule has 1 heterocycles. The fourth-order valence-corrected chi connectivity index (χ4v) is 2.97. The molecule has 0 N–H and O–H groups in total. The molecule has 0 radical (unpaired) electrons. The Hall–Kier alpha value is -1.51. The van der Waals surface area contributed by atoms with E-state index < -0.39 is 0 Å². The lowest BCUT2D eigenvalue weighted by molar-refractivity contribution is 0.519. The van der Waals surface area contributed by atoms with Gasteiger partial charge in [0.25, 0.3) is 5.56 Å². The van der Waals surface area contributed by atoms with Gasteiger partial charge in [0.05, 0.1) is 22.2 Å². The largest absolute Gasteiger partial charge is 0.284 e. The van der Waals surface area contributed by atoms with Gasteiger partial charge in [0.15, 0.2) is 5.16 Å². The Morgan fingerprint density at radius 3 is 2.70 bits per heavy atom. The Bertz CT molecular complexity index is 748. The molecule has 0 bridgehead atoms. The Morgan fingerprint density at radius 1 is 1.40 bits per heavy atom. The molecule has 0 aliphatic heterocycles. The van der Waals surface area contributed by atoms with Crippen molar-refractivity contribution < 1.29 is 0 Å². The molecular formula is C14H14ClN3OS. The van der Waals surface area contributed by atoms with Crippen molar-refractivity contribution in [2.45, 2.75) is 37.2 Å². The van der Waals surface area contributed by atoms with Gasteiger partial charge in [-0.3, -0.25) is 9.36 Å². The van der Waals surface area contributed by atoms with E-state index in [1.807, 2.05) is 13.8 Å². The highest BCUT2D eigenvalue weighted by atomic mass is 35.5. The van der Waals surface area contributed by atoms with Crippen LogP contribution >= 0.6 is 23.4 Å². The Labute approximate surface area is 126 Å². The van der Waals surface area contributed by atoms with E-state index in [0.717, 1.165) is 0 Å². The van der Waals surface area contributed by atoms with Crippen molar-refractivity contribution in [1.29, 1.82) is 5.26 Å². The molecule has 0 spiro atoms. The summed E-state index contributed by atoms with van der Waals surface area (Å²) in [6.07, 6.45) is 0. The van der Waals surface area contributed by atoms with E-state index in [0.29, 0.717) is 21.1 Å². The third kappa shape index (κ3) is 2.82. The SMILES string of the molecule is CC(C)n1c(S[C@@H](C)C#N)nc2cc(Cl)ccc2c1=O. The number of benzene rings is 1. The average Bonchev–Trinajstić information content (AvgIpc) is 2.37. The van der Waals surface area contributed by atoms with Crippen LogP contribution in [0.4, 0.5) is 0 Å². The maximum Gasteiger partial charge on any atom is 0.262 e. The van der Waals surface area contributed by atoms with Gasteiger partial charge in [0.1, 0.15) is 0 Å². The maximum atomic E-state index is 12.6. The topological polar surface area (TPSA) is 58.7 Å². The first-order chi connectivity index (χ1) is 9.43. The lowest BCUT2D eigenvalue weighted by atomic mass is 10.2. The molecule has 0 aliphatic rings. The third-order valence-corrected chi connectivity index (χ3v) is 4.00. The predicted molar refractivity (Wildman–Crippen MR) is 82.3 cm³/mol. The number of hydrogen-bond acceptors (Lipinski definition) is 4. The van der Waals surface area contributed by atoms with Gasteiger partial charge in [-0.15, -0.1) is 0 Å². The molecule has 0 saturated carbocycles. The van der Waals surface area contributed by atoms with E-state index in [1.54, 1.807) is 29.7 Å². The van der Waals surface area contributed by atoms with Crippen LogP contribution in [-0.4, -0.2) is 14.8 Å². The first-order valence-electron chi connectivity index (χ1n) is 6.22. The molecule has 0 fully saturated rings. The molecular weight excluding hydrogens is 294 g/mol. The summed E-state index contributed by atoms with van der Waals surface area (Å²) in [4.78, 5) is 17.1. The fraction of sp³-hybridized carbons (Fsp3) is 0.357. The number of fused-ring (bicyclic) bond motifs is 1. The summed E-state index contributed by atoms with van der Waals surface area (Å²) in [5, 5.41) is 10.3. The van der Waals surface area contributed by atoms with Crippen LogP contribution in [-0.2, 0) is 0 Å². The molecule has 6 heteroatoms. The van der Waals surface area contributed by atoms with Gasteiger partial charge in [-0.2, -0.15) is 5.26 Å². The van der Waals surface area contributed by atoms with E-state index in [2.05, 4.69) is 11.1 Å². The zero-order chi connectivity index (χ0) is 14.9. The van der Waals surface area contributed by atoms with E-state index >= 15 is 0 Å². The number of nitrogens with zero attached hydrogens (tertiary/aromatic N) is 3. The van der Waals surface area contributed by atoms with Crippen LogP contribution in [0.1, 0.15) is 26.8 Å². The van der Waals surface area contributed by atoms with Crippen molar-refractivity contribution in [2.24, 2.45) is 0 Å². The molecule has 2 aromatic rings. The second kappa shape index (κ2) is 5.86. The highest BCUT2D eigenvalue weighted by Crippen LogP contribution is 2.25. The van der Waals surface area contributed by atoms with Crippen LogP contribution in [0.5, 0.6) is 0 Å². The summed E-state index contributed by atoms with van der Waals surface area (Å²) in [6.45, 7) is 5.63. The standard InChI is InChI=1S/C14H14ClN3OS/c1-8(2)18-13(19)11-5-4-10(15)6-12(11)17-14(18)20-9(3)7-16/h4-6,8-9H,1-3H3/t9-/m0/s1. The number of hydrogen-bond donors (Lipinski definition) is 0. The van der Waals surface area contributed by atoms with Gasteiger partial charge in [0, 0.05) is 11.1 Å². The summed E-state index contributed by atoms with van der Waals surface area (Å²) >= 11 is 7.23. The van der Waals surface area contributed by atoms with E-state index in [4.69, 9.17) is 16.9 Å². The molecule has 1 atom stereocenters. The predicted octanol–water partition coefficient (Wildman–Crippen LogP) is 3.63. The minimum atomic E-state index is -0.275. The zero-order valence-corrected chi connectivity index (χ0v) is 13.0. The summed E-state index contributed by atoms with van der Waals surface area (Å²) in [5.74, 6) is 0. The Balaban J connectivity index is 2.74. The Morgan fingerprint density at radius 2 is 2.10 bits per heavy atom. The van der Waals surface area contributed by atoms with Crippen molar-refractivity contribution in [3.8, 4) is 6.07 Å². The van der Waals surface area contributed by atoms with Crippen LogP contribution in [0.25, 0.3) is 10.9 Å². The van der Waals surface area contributed by atoms with Gasteiger partial charge in [0.2, 0.25) is 0 Å². The second-order valence-corrected chi connectivity index (χ2v) is 6.46. The number of rotatable bonds is 3. The molecule has 0 unspecified atom stereocenters. The molecule has 104 valence electrons. The first-order valence-corrected chi connectivity index (χ1v) is 7.48. The van der Waals surface area contributed by atoms with Crippen LogP contribution in [0, 0.1) is 11.3 Å². The highest BCUT2D eigenvalue weighted by Gasteiger charge is 2.16. The molecule has 2 rings (SSSR count). The lowest BCUT2D eigenvalue weighted by Gasteiger charge is -2.16. The number of aromatic nitrogens is 2. The van der Waals surface area contributed by atoms with Crippen LogP contribution in [0.15, 0.2) is 28.2 Å². The van der Waals surface area contributed by atoms with Crippen LogP contribution < -0.4 is 5.56 Å². The maximum absolute atomic E-state index is 12.6. The minimum Gasteiger partial charge on any atom is -0.284 e. The zero-order valence-electron chi connectivity index (χ0n) is 11.4. The number of halogens is 1. The van der Waals surface area contributed by atoms with E-state index in [1.165, 1.54) is 11.8 Å². The highest BCUT2D eigenvalue weighted by molar-refractivity contribution is 8.00. The molecule has 1 aromatic heterocycles. The van der Waals surface area contributed by atoms with E-state index in [9.17, 15) is 4.79 Å². The van der Waals surface area contributed by atoms with E-state index in [-0.39, 0.29) is 16.9 Å². The van der Waals surface area contributed by atoms with Crippen molar-refractivity contribution in [3.05, 3.63) is 33.6 Å². The number of nitriles is 1. The van der Waals surface area contributed by atoms with Gasteiger partial charge >= 0.3 is 0 Å². The van der Waals surface area contributed by atoms with Gasteiger partial charge in [-0.05, 0) is 39.0 Å². The van der Waals surface area contributed by atoms with Crippen molar-refractivity contribution in [2.75, 3.05) is 0 Å². The van der Waals surface area contributed by atoms with Gasteiger partial charge < -0.3 is 0 Å². The molecule has 20 heavy (non-hydrogen) atoms. The summed E-state index contributed by atoms with van der Waals surface area (Å²) in [6, 6.07) is 7.16. The first kappa shape index (κ1) is 14.9.